The van der Waals surface area contributed by atoms with E-state index < -0.39 is 27.6 Å². The highest BCUT2D eigenvalue weighted by atomic mass is 32.2. The summed E-state index contributed by atoms with van der Waals surface area (Å²) in [5, 5.41) is 7.81. The zero-order valence-corrected chi connectivity index (χ0v) is 16.1. The molecular formula is C20H17F2N3O3S. The third kappa shape index (κ3) is 5.01. The molecule has 1 heterocycles. The smallest absolute Gasteiger partial charge is 0.238 e. The number of halogens is 2. The zero-order chi connectivity index (χ0) is 21.2. The molecule has 9 heteroatoms. The van der Waals surface area contributed by atoms with E-state index in [0.717, 1.165) is 17.8 Å². The molecule has 6 nitrogen and oxygen atoms in total. The van der Waals surface area contributed by atoms with Gasteiger partial charge in [0.1, 0.15) is 11.6 Å². The maximum absolute atomic E-state index is 13.9. The van der Waals surface area contributed by atoms with Crippen molar-refractivity contribution >= 4 is 21.6 Å². The molecule has 3 N–H and O–H groups in total. The fraction of sp³-hybridized carbons (Fsp3) is 0.100. The number of pyridine rings is 1. The Kier molecular flexibility index (Phi) is 5.71. The van der Waals surface area contributed by atoms with E-state index in [1.165, 1.54) is 36.5 Å². The topological polar surface area (TPSA) is 102 Å². The average Bonchev–Trinajstić information content (AvgIpc) is 2.63. The van der Waals surface area contributed by atoms with Crippen molar-refractivity contribution in [3.8, 4) is 11.1 Å². The van der Waals surface area contributed by atoms with E-state index in [-0.39, 0.29) is 33.7 Å². The van der Waals surface area contributed by atoms with Gasteiger partial charge in [-0.3, -0.25) is 9.78 Å². The van der Waals surface area contributed by atoms with Gasteiger partial charge in [-0.15, -0.1) is 0 Å². The van der Waals surface area contributed by atoms with Crippen molar-refractivity contribution in [3.05, 3.63) is 77.6 Å². The van der Waals surface area contributed by atoms with Gasteiger partial charge in [-0.1, -0.05) is 18.2 Å². The number of benzene rings is 2. The quantitative estimate of drug-likeness (QED) is 0.666. The number of carbonyl (C=O) groups excluding carboxylic acids is 1. The predicted octanol–water partition coefficient (Wildman–Crippen LogP) is 3.16. The number of nitrogens with two attached hydrogens (primary N) is 1. The predicted molar refractivity (Wildman–Crippen MR) is 104 cm³/mol. The van der Waals surface area contributed by atoms with Crippen LogP contribution in [-0.2, 0) is 21.2 Å². The lowest BCUT2D eigenvalue weighted by Crippen LogP contribution is -2.17. The minimum Gasteiger partial charge on any atom is -0.326 e. The monoisotopic (exact) mass is 417 g/mol. The first-order valence-electron chi connectivity index (χ1n) is 8.46. The largest absolute Gasteiger partial charge is 0.326 e. The Labute approximate surface area is 166 Å². The number of carbonyl (C=O) groups is 1. The molecule has 0 aliphatic carbocycles. The van der Waals surface area contributed by atoms with Crippen LogP contribution in [0.3, 0.4) is 0 Å². The van der Waals surface area contributed by atoms with Crippen LogP contribution in [0.25, 0.3) is 11.1 Å². The number of primary sulfonamides is 1. The Morgan fingerprint density at radius 2 is 1.86 bits per heavy atom. The molecule has 1 aromatic heterocycles. The minimum absolute atomic E-state index is 0.141. The summed E-state index contributed by atoms with van der Waals surface area (Å²) in [6.07, 6.45) is 2.05. The lowest BCUT2D eigenvalue weighted by molar-refractivity contribution is -0.115. The van der Waals surface area contributed by atoms with Gasteiger partial charge in [0.25, 0.3) is 0 Å². The number of hydrogen-bond donors (Lipinski definition) is 2. The number of anilines is 1. The second-order valence-corrected chi connectivity index (χ2v) is 8.00. The fourth-order valence-electron chi connectivity index (χ4n) is 2.81. The van der Waals surface area contributed by atoms with Crippen LogP contribution in [0.4, 0.5) is 14.5 Å². The molecule has 0 radical (unpaired) electrons. The van der Waals surface area contributed by atoms with Gasteiger partial charge in [0.05, 0.1) is 17.5 Å². The van der Waals surface area contributed by atoms with Gasteiger partial charge < -0.3 is 5.32 Å². The number of hydrogen-bond acceptors (Lipinski definition) is 4. The molecule has 0 fully saturated rings. The third-order valence-electron chi connectivity index (χ3n) is 4.15. The number of aryl methyl sites for hydroxylation is 1. The summed E-state index contributed by atoms with van der Waals surface area (Å²) in [5.74, 6) is -1.67. The van der Waals surface area contributed by atoms with Crippen LogP contribution in [0.5, 0.6) is 0 Å². The second-order valence-electron chi connectivity index (χ2n) is 6.47. The Bertz CT molecular complexity index is 1200. The molecule has 0 saturated heterocycles. The van der Waals surface area contributed by atoms with E-state index in [2.05, 4.69) is 10.3 Å². The van der Waals surface area contributed by atoms with Crippen molar-refractivity contribution in [2.45, 2.75) is 18.2 Å². The van der Waals surface area contributed by atoms with Crippen LogP contribution in [0.1, 0.15) is 11.1 Å². The maximum atomic E-state index is 13.9. The van der Waals surface area contributed by atoms with E-state index in [9.17, 15) is 22.0 Å². The lowest BCUT2D eigenvalue weighted by Gasteiger charge is -2.12. The van der Waals surface area contributed by atoms with Gasteiger partial charge in [0.2, 0.25) is 15.9 Å². The third-order valence-corrected chi connectivity index (χ3v) is 5.10. The molecule has 0 aliphatic heterocycles. The molecule has 0 spiro atoms. The highest BCUT2D eigenvalue weighted by molar-refractivity contribution is 7.89. The summed E-state index contributed by atoms with van der Waals surface area (Å²) >= 11 is 0. The number of amides is 1. The van der Waals surface area contributed by atoms with Crippen LogP contribution in [0.2, 0.25) is 0 Å². The molecule has 3 rings (SSSR count). The maximum Gasteiger partial charge on any atom is 0.238 e. The van der Waals surface area contributed by atoms with Gasteiger partial charge in [-0.05, 0) is 42.3 Å². The zero-order valence-electron chi connectivity index (χ0n) is 15.3. The number of aromatic nitrogens is 1. The Hall–Kier alpha value is -3.17. The van der Waals surface area contributed by atoms with Crippen molar-refractivity contribution < 1.29 is 22.0 Å². The van der Waals surface area contributed by atoms with E-state index in [4.69, 9.17) is 5.14 Å². The highest BCUT2D eigenvalue weighted by Gasteiger charge is 2.18. The van der Waals surface area contributed by atoms with Crippen LogP contribution < -0.4 is 10.5 Å². The molecule has 0 bridgehead atoms. The molecule has 0 saturated carbocycles. The minimum atomic E-state index is -4.18. The highest BCUT2D eigenvalue weighted by Crippen LogP contribution is 2.29. The van der Waals surface area contributed by atoms with Crippen LogP contribution in [0.15, 0.2) is 59.8 Å². The van der Waals surface area contributed by atoms with E-state index in [1.54, 1.807) is 13.0 Å². The molecule has 2 aromatic carbocycles. The van der Waals surface area contributed by atoms with Gasteiger partial charge >= 0.3 is 0 Å². The van der Waals surface area contributed by atoms with Crippen molar-refractivity contribution in [3.63, 3.8) is 0 Å². The van der Waals surface area contributed by atoms with E-state index >= 15 is 0 Å². The normalized spacial score (nSPS) is 11.3. The summed E-state index contributed by atoms with van der Waals surface area (Å²) in [6.45, 7) is 1.73. The first-order valence-corrected chi connectivity index (χ1v) is 10.0. The van der Waals surface area contributed by atoms with Gasteiger partial charge in [-0.25, -0.2) is 22.3 Å². The summed E-state index contributed by atoms with van der Waals surface area (Å²) in [4.78, 5) is 15.7. The molecule has 29 heavy (non-hydrogen) atoms. The Morgan fingerprint density at radius 3 is 2.52 bits per heavy atom. The van der Waals surface area contributed by atoms with E-state index in [0.29, 0.717) is 0 Å². The Balaban J connectivity index is 1.90. The first-order chi connectivity index (χ1) is 13.6. The molecular weight excluding hydrogens is 400 g/mol. The van der Waals surface area contributed by atoms with Crippen LogP contribution in [0, 0.1) is 18.6 Å². The van der Waals surface area contributed by atoms with Gasteiger partial charge in [0.15, 0.2) is 0 Å². The summed E-state index contributed by atoms with van der Waals surface area (Å²) < 4.78 is 51.4. The summed E-state index contributed by atoms with van der Waals surface area (Å²) in [5.41, 5.74) is 1.45. The summed E-state index contributed by atoms with van der Waals surface area (Å²) in [6, 6.07) is 9.64. The second kappa shape index (κ2) is 8.06. The SMILES string of the molecule is Cc1ccc(CC(=O)Nc2ccc(-c3cncc(F)c3)c(S(N)(=O)=O)c2)c(F)c1. The average molecular weight is 417 g/mol. The molecule has 150 valence electrons. The first kappa shape index (κ1) is 20.6. The van der Waals surface area contributed by atoms with Gasteiger partial charge in [-0.2, -0.15) is 0 Å². The molecule has 0 unspecified atom stereocenters. The van der Waals surface area contributed by atoms with Crippen molar-refractivity contribution in [1.29, 1.82) is 0 Å². The van der Waals surface area contributed by atoms with E-state index in [1.807, 2.05) is 0 Å². The fourth-order valence-corrected chi connectivity index (χ4v) is 3.59. The summed E-state index contributed by atoms with van der Waals surface area (Å²) in [7, 11) is -4.18. The molecule has 0 aliphatic rings. The molecule has 0 atom stereocenters. The standard InChI is InChI=1S/C20H17F2N3O3S/c1-12-2-3-13(18(22)6-12)8-20(26)25-16-4-5-17(19(9-16)29(23,27)28)14-7-15(21)11-24-10-14/h2-7,9-11H,8H2,1H3,(H,25,26)(H2,23,27,28). The van der Waals surface area contributed by atoms with Gasteiger partial charge in [0, 0.05) is 23.0 Å². The number of sulfonamides is 1. The van der Waals surface area contributed by atoms with Crippen molar-refractivity contribution in [2.75, 3.05) is 5.32 Å². The van der Waals surface area contributed by atoms with Crippen LogP contribution >= 0.6 is 0 Å². The number of rotatable bonds is 5. The molecule has 3 aromatic rings. The number of nitrogens with zero attached hydrogens (tertiary/aromatic N) is 1. The van der Waals surface area contributed by atoms with Crippen molar-refractivity contribution in [1.82, 2.24) is 4.98 Å². The number of nitrogens with one attached hydrogen (secondary N) is 1. The molecule has 1 amide bonds. The Morgan fingerprint density at radius 1 is 1.10 bits per heavy atom. The lowest BCUT2D eigenvalue weighted by atomic mass is 10.1. The van der Waals surface area contributed by atoms with Crippen molar-refractivity contribution in [2.24, 2.45) is 5.14 Å². The van der Waals surface area contributed by atoms with Crippen LogP contribution in [-0.4, -0.2) is 19.3 Å².